The van der Waals surface area contributed by atoms with Crippen LogP contribution in [0.4, 0.5) is 0 Å². The summed E-state index contributed by atoms with van der Waals surface area (Å²) in [7, 11) is 2.27. The SMILES string of the molecule is Cc1ccc2c(c1)-c1ccc(C)c(-c3cc(C)c(C4CCC5(CCCCC5)CC4)c[n+]3C)c1C2. The summed E-state index contributed by atoms with van der Waals surface area (Å²) in [6.07, 6.45) is 16.6. The zero-order chi connectivity index (χ0) is 23.4. The van der Waals surface area contributed by atoms with E-state index in [1.54, 1.807) is 5.56 Å². The van der Waals surface area contributed by atoms with Crippen LogP contribution < -0.4 is 4.57 Å². The molecule has 0 N–H and O–H groups in total. The molecule has 3 aliphatic carbocycles. The van der Waals surface area contributed by atoms with Crippen molar-refractivity contribution in [3.05, 3.63) is 76.0 Å². The van der Waals surface area contributed by atoms with Crippen LogP contribution in [0.1, 0.15) is 97.1 Å². The van der Waals surface area contributed by atoms with Gasteiger partial charge in [0.2, 0.25) is 5.69 Å². The molecule has 0 aliphatic heterocycles. The Hall–Kier alpha value is -2.41. The molecule has 1 aromatic heterocycles. The number of benzene rings is 2. The molecule has 1 nitrogen and oxygen atoms in total. The summed E-state index contributed by atoms with van der Waals surface area (Å²) >= 11 is 0. The summed E-state index contributed by atoms with van der Waals surface area (Å²) in [5, 5.41) is 0. The molecule has 1 spiro atoms. The highest BCUT2D eigenvalue weighted by molar-refractivity contribution is 5.85. The van der Waals surface area contributed by atoms with Crippen molar-refractivity contribution >= 4 is 0 Å². The zero-order valence-corrected chi connectivity index (χ0v) is 21.6. The van der Waals surface area contributed by atoms with Gasteiger partial charge in [-0.05, 0) is 110 Å². The molecule has 0 radical (unpaired) electrons. The lowest BCUT2D eigenvalue weighted by Gasteiger charge is -2.43. The van der Waals surface area contributed by atoms with Gasteiger partial charge in [-0.2, -0.15) is 0 Å². The van der Waals surface area contributed by atoms with E-state index in [4.69, 9.17) is 0 Å². The molecule has 0 amide bonds. The monoisotopic (exact) mass is 450 g/mol. The number of fused-ring (bicyclic) bond motifs is 3. The second kappa shape index (κ2) is 8.36. The van der Waals surface area contributed by atoms with Crippen molar-refractivity contribution < 1.29 is 4.57 Å². The van der Waals surface area contributed by atoms with Gasteiger partial charge in [0.25, 0.3) is 0 Å². The minimum absolute atomic E-state index is 0.694. The molecule has 0 saturated heterocycles. The van der Waals surface area contributed by atoms with Crippen molar-refractivity contribution in [2.45, 2.75) is 90.9 Å². The van der Waals surface area contributed by atoms with Crippen LogP contribution in [-0.2, 0) is 13.5 Å². The van der Waals surface area contributed by atoms with Crippen molar-refractivity contribution in [3.63, 3.8) is 0 Å². The van der Waals surface area contributed by atoms with Gasteiger partial charge in [-0.1, -0.05) is 55.2 Å². The molecule has 1 heteroatoms. The van der Waals surface area contributed by atoms with Crippen LogP contribution in [0.15, 0.2) is 42.6 Å². The van der Waals surface area contributed by atoms with Gasteiger partial charge in [0, 0.05) is 11.6 Å². The van der Waals surface area contributed by atoms with E-state index in [1.807, 2.05) is 0 Å². The molecule has 34 heavy (non-hydrogen) atoms. The van der Waals surface area contributed by atoms with E-state index in [0.717, 1.165) is 12.3 Å². The van der Waals surface area contributed by atoms with Gasteiger partial charge in [-0.25, -0.2) is 4.57 Å². The fourth-order valence-corrected chi connectivity index (χ4v) is 7.63. The smallest absolute Gasteiger partial charge is 0.201 e. The van der Waals surface area contributed by atoms with E-state index in [9.17, 15) is 0 Å². The lowest BCUT2D eigenvalue weighted by atomic mass is 9.62. The maximum Gasteiger partial charge on any atom is 0.213 e. The third kappa shape index (κ3) is 3.63. The first-order valence-electron chi connectivity index (χ1n) is 13.7. The Bertz CT molecular complexity index is 1250. The Morgan fingerprint density at radius 3 is 2.32 bits per heavy atom. The van der Waals surface area contributed by atoms with Crippen molar-refractivity contribution in [3.8, 4) is 22.4 Å². The minimum atomic E-state index is 0.694. The maximum atomic E-state index is 2.50. The first kappa shape index (κ1) is 22.1. The van der Waals surface area contributed by atoms with E-state index in [0.29, 0.717) is 5.41 Å². The Balaban J connectivity index is 1.34. The fraction of sp³-hybridized carbons (Fsp3) is 0.485. The van der Waals surface area contributed by atoms with Gasteiger partial charge in [0.05, 0.1) is 5.56 Å². The average molecular weight is 451 g/mol. The van der Waals surface area contributed by atoms with E-state index in [-0.39, 0.29) is 0 Å². The summed E-state index contributed by atoms with van der Waals surface area (Å²) in [6.45, 7) is 6.86. The van der Waals surface area contributed by atoms with Crippen LogP contribution in [0.25, 0.3) is 22.4 Å². The number of nitrogens with zero attached hydrogens (tertiary/aromatic N) is 1. The van der Waals surface area contributed by atoms with Gasteiger partial charge in [-0.15, -0.1) is 0 Å². The molecule has 2 aromatic carbocycles. The maximum absolute atomic E-state index is 2.50. The topological polar surface area (TPSA) is 3.88 Å². The summed E-state index contributed by atoms with van der Waals surface area (Å²) in [6, 6.07) is 14.1. The van der Waals surface area contributed by atoms with Crippen molar-refractivity contribution in [1.82, 2.24) is 0 Å². The molecule has 1 heterocycles. The summed E-state index contributed by atoms with van der Waals surface area (Å²) < 4.78 is 2.43. The number of hydrogen-bond donors (Lipinski definition) is 0. The molecule has 6 rings (SSSR count). The van der Waals surface area contributed by atoms with E-state index in [1.165, 1.54) is 108 Å². The normalized spacial score (nSPS) is 19.3. The highest BCUT2D eigenvalue weighted by Gasteiger charge is 2.37. The van der Waals surface area contributed by atoms with Crippen LogP contribution in [0.3, 0.4) is 0 Å². The Morgan fingerprint density at radius 1 is 0.794 bits per heavy atom. The lowest BCUT2D eigenvalue weighted by molar-refractivity contribution is -0.661. The molecular weight excluding hydrogens is 410 g/mol. The quantitative estimate of drug-likeness (QED) is 0.270. The highest BCUT2D eigenvalue weighted by Crippen LogP contribution is 2.51. The first-order valence-corrected chi connectivity index (χ1v) is 13.7. The largest absolute Gasteiger partial charge is 0.213 e. The Morgan fingerprint density at radius 2 is 1.56 bits per heavy atom. The molecular formula is C33H40N+. The average Bonchev–Trinajstić information content (AvgIpc) is 3.19. The van der Waals surface area contributed by atoms with Crippen LogP contribution >= 0.6 is 0 Å². The van der Waals surface area contributed by atoms with Crippen LogP contribution in [0.5, 0.6) is 0 Å². The van der Waals surface area contributed by atoms with Gasteiger partial charge in [0.1, 0.15) is 7.05 Å². The molecule has 3 aliphatic rings. The molecule has 0 unspecified atom stereocenters. The lowest BCUT2D eigenvalue weighted by Crippen LogP contribution is -2.34. The van der Waals surface area contributed by atoms with Gasteiger partial charge in [-0.3, -0.25) is 0 Å². The highest BCUT2D eigenvalue weighted by atomic mass is 14.9. The van der Waals surface area contributed by atoms with Crippen LogP contribution in [-0.4, -0.2) is 0 Å². The summed E-state index contributed by atoms with van der Waals surface area (Å²) in [5.74, 6) is 0.739. The second-order valence-corrected chi connectivity index (χ2v) is 11.9. The number of pyridine rings is 1. The van der Waals surface area contributed by atoms with Gasteiger partial charge < -0.3 is 0 Å². The number of hydrogen-bond acceptors (Lipinski definition) is 0. The van der Waals surface area contributed by atoms with Crippen molar-refractivity contribution in [2.75, 3.05) is 0 Å². The van der Waals surface area contributed by atoms with Gasteiger partial charge >= 0.3 is 0 Å². The third-order valence-electron chi connectivity index (χ3n) is 9.62. The first-order chi connectivity index (χ1) is 16.4. The molecule has 176 valence electrons. The zero-order valence-electron chi connectivity index (χ0n) is 21.6. The van der Waals surface area contributed by atoms with E-state index in [2.05, 4.69) is 75.0 Å². The summed E-state index contributed by atoms with van der Waals surface area (Å²) in [5.41, 5.74) is 15.2. The number of aryl methyl sites for hydroxylation is 4. The Labute approximate surface area is 206 Å². The molecule has 2 saturated carbocycles. The van der Waals surface area contributed by atoms with E-state index >= 15 is 0 Å². The van der Waals surface area contributed by atoms with Crippen LogP contribution in [0, 0.1) is 26.2 Å². The predicted octanol–water partition coefficient (Wildman–Crippen LogP) is 8.28. The molecule has 0 bridgehead atoms. The van der Waals surface area contributed by atoms with Crippen molar-refractivity contribution in [2.24, 2.45) is 12.5 Å². The van der Waals surface area contributed by atoms with E-state index < -0.39 is 0 Å². The molecule has 0 atom stereocenters. The predicted molar refractivity (Wildman–Crippen MR) is 142 cm³/mol. The minimum Gasteiger partial charge on any atom is -0.201 e. The number of rotatable bonds is 2. The fourth-order valence-electron chi connectivity index (χ4n) is 7.63. The standard InChI is InChI=1S/C33H40N/c1-22-8-10-26-20-29-27(28(26)18-22)11-9-23(2)32(29)31-19-24(3)30(21-34(31)4)25-12-16-33(17-13-25)14-6-5-7-15-33/h8-11,18-19,21,25H,5-7,12-17,20H2,1-4H3/q+1. The van der Waals surface area contributed by atoms with Crippen molar-refractivity contribution in [1.29, 1.82) is 0 Å². The molecule has 3 aromatic rings. The third-order valence-corrected chi connectivity index (χ3v) is 9.62. The van der Waals surface area contributed by atoms with Crippen LogP contribution in [0.2, 0.25) is 0 Å². The number of aromatic nitrogens is 1. The molecule has 2 fully saturated rings. The van der Waals surface area contributed by atoms with Gasteiger partial charge in [0.15, 0.2) is 6.20 Å². The Kier molecular flexibility index (Phi) is 5.43. The summed E-state index contributed by atoms with van der Waals surface area (Å²) in [4.78, 5) is 0. The second-order valence-electron chi connectivity index (χ2n) is 11.9.